The van der Waals surface area contributed by atoms with Crippen molar-refractivity contribution < 1.29 is 23.1 Å². The van der Waals surface area contributed by atoms with E-state index in [9.17, 15) is 18.4 Å². The van der Waals surface area contributed by atoms with Gasteiger partial charge in [0.2, 0.25) is 5.91 Å². The molecule has 1 aromatic rings. The SMILES string of the molecule is CC(C)(C)OC(=O)N[C@H]1C[C@@H](c2cccc(F)c2F)CNC1=O. The molecule has 126 valence electrons. The van der Waals surface area contributed by atoms with Crippen LogP contribution in [0.2, 0.25) is 0 Å². The molecule has 1 heterocycles. The van der Waals surface area contributed by atoms with Crippen LogP contribution in [0.5, 0.6) is 0 Å². The fraction of sp³-hybridized carbons (Fsp3) is 0.500. The van der Waals surface area contributed by atoms with Crippen LogP contribution in [-0.2, 0) is 9.53 Å². The molecule has 1 aliphatic heterocycles. The van der Waals surface area contributed by atoms with Crippen molar-refractivity contribution in [3.63, 3.8) is 0 Å². The largest absolute Gasteiger partial charge is 0.444 e. The van der Waals surface area contributed by atoms with Crippen LogP contribution in [-0.4, -0.2) is 30.2 Å². The summed E-state index contributed by atoms with van der Waals surface area (Å²) in [6.45, 7) is 5.31. The number of hydrogen-bond acceptors (Lipinski definition) is 3. The van der Waals surface area contributed by atoms with E-state index >= 15 is 0 Å². The summed E-state index contributed by atoms with van der Waals surface area (Å²) in [5.74, 6) is -2.66. The Hall–Kier alpha value is -2.18. The molecule has 0 bridgehead atoms. The number of carbonyl (C=O) groups excluding carboxylic acids is 2. The molecule has 0 spiro atoms. The van der Waals surface area contributed by atoms with Gasteiger partial charge in [0.15, 0.2) is 11.6 Å². The summed E-state index contributed by atoms with van der Waals surface area (Å²) in [5, 5.41) is 5.07. The maximum absolute atomic E-state index is 13.9. The summed E-state index contributed by atoms with van der Waals surface area (Å²) in [7, 11) is 0. The second-order valence-electron chi connectivity index (χ2n) is 6.52. The van der Waals surface area contributed by atoms with Crippen LogP contribution >= 0.6 is 0 Å². The third kappa shape index (κ3) is 4.40. The van der Waals surface area contributed by atoms with Crippen molar-refractivity contribution in [3.8, 4) is 0 Å². The standard InChI is InChI=1S/C16H20F2N2O3/c1-16(2,3)23-15(22)20-12-7-9(8-19-14(12)21)10-5-4-6-11(17)13(10)18/h4-6,9,12H,7-8H2,1-3H3,(H,19,21)(H,20,22)/t9-,12+/m1/s1. The molecule has 23 heavy (non-hydrogen) atoms. The molecule has 5 nitrogen and oxygen atoms in total. The number of alkyl carbamates (subject to hydrolysis) is 1. The highest BCUT2D eigenvalue weighted by molar-refractivity contribution is 5.86. The zero-order valence-corrected chi connectivity index (χ0v) is 13.3. The van der Waals surface area contributed by atoms with Crippen LogP contribution in [0, 0.1) is 11.6 Å². The molecule has 1 aromatic carbocycles. The average molecular weight is 326 g/mol. The van der Waals surface area contributed by atoms with Gasteiger partial charge in [0.1, 0.15) is 11.6 Å². The Morgan fingerprint density at radius 1 is 1.35 bits per heavy atom. The van der Waals surface area contributed by atoms with Gasteiger partial charge in [-0.05, 0) is 38.8 Å². The molecule has 2 atom stereocenters. The molecule has 0 unspecified atom stereocenters. The smallest absolute Gasteiger partial charge is 0.408 e. The lowest BCUT2D eigenvalue weighted by molar-refractivity contribution is -0.124. The van der Waals surface area contributed by atoms with Gasteiger partial charge in [0, 0.05) is 12.5 Å². The molecule has 1 saturated heterocycles. The summed E-state index contributed by atoms with van der Waals surface area (Å²) in [6.07, 6.45) is -0.552. The van der Waals surface area contributed by atoms with Crippen LogP contribution in [0.3, 0.4) is 0 Å². The normalized spacial score (nSPS) is 21.5. The van der Waals surface area contributed by atoms with Gasteiger partial charge >= 0.3 is 6.09 Å². The minimum absolute atomic E-state index is 0.172. The number of halogens is 2. The monoisotopic (exact) mass is 326 g/mol. The Kier molecular flexibility index (Phi) is 4.87. The number of nitrogens with one attached hydrogen (secondary N) is 2. The number of hydrogen-bond donors (Lipinski definition) is 2. The van der Waals surface area contributed by atoms with E-state index in [4.69, 9.17) is 4.74 Å². The predicted octanol–water partition coefficient (Wildman–Crippen LogP) is 2.46. The second kappa shape index (κ2) is 6.52. The Labute approximate surface area is 133 Å². The first-order valence-corrected chi connectivity index (χ1v) is 7.38. The van der Waals surface area contributed by atoms with Crippen LogP contribution in [0.4, 0.5) is 13.6 Å². The van der Waals surface area contributed by atoms with E-state index in [2.05, 4.69) is 10.6 Å². The van der Waals surface area contributed by atoms with Gasteiger partial charge in [0.05, 0.1) is 0 Å². The van der Waals surface area contributed by atoms with Gasteiger partial charge in [-0.25, -0.2) is 13.6 Å². The van der Waals surface area contributed by atoms with E-state index in [0.717, 1.165) is 6.07 Å². The summed E-state index contributed by atoms with van der Waals surface area (Å²) in [5.41, 5.74) is -0.510. The van der Waals surface area contributed by atoms with Gasteiger partial charge in [-0.1, -0.05) is 12.1 Å². The van der Waals surface area contributed by atoms with Gasteiger partial charge in [0.25, 0.3) is 0 Å². The molecule has 0 aromatic heterocycles. The minimum Gasteiger partial charge on any atom is -0.444 e. The second-order valence-corrected chi connectivity index (χ2v) is 6.52. The predicted molar refractivity (Wildman–Crippen MR) is 79.9 cm³/mol. The van der Waals surface area contributed by atoms with Gasteiger partial charge in [-0.2, -0.15) is 0 Å². The van der Waals surface area contributed by atoms with Crippen molar-refractivity contribution in [1.82, 2.24) is 10.6 Å². The van der Waals surface area contributed by atoms with E-state index in [1.165, 1.54) is 12.1 Å². The lowest BCUT2D eigenvalue weighted by Gasteiger charge is -2.30. The minimum atomic E-state index is -0.934. The number of piperidine rings is 1. The highest BCUT2D eigenvalue weighted by Gasteiger charge is 2.33. The first-order chi connectivity index (χ1) is 10.7. The number of benzene rings is 1. The molecule has 2 rings (SSSR count). The topological polar surface area (TPSA) is 67.4 Å². The summed E-state index contributed by atoms with van der Waals surface area (Å²) in [4.78, 5) is 23.7. The van der Waals surface area contributed by atoms with Crippen molar-refractivity contribution in [2.24, 2.45) is 0 Å². The Balaban J connectivity index is 2.09. The lowest BCUT2D eigenvalue weighted by atomic mass is 9.88. The third-order valence-corrected chi connectivity index (χ3v) is 3.47. The van der Waals surface area contributed by atoms with Crippen molar-refractivity contribution >= 4 is 12.0 Å². The Morgan fingerprint density at radius 3 is 2.70 bits per heavy atom. The zero-order chi connectivity index (χ0) is 17.2. The van der Waals surface area contributed by atoms with Crippen LogP contribution in [0.15, 0.2) is 18.2 Å². The molecule has 0 radical (unpaired) electrons. The summed E-state index contributed by atoms with van der Waals surface area (Å²) in [6, 6.07) is 3.08. The van der Waals surface area contributed by atoms with Crippen LogP contribution in [0.25, 0.3) is 0 Å². The molecule has 1 aliphatic rings. The highest BCUT2D eigenvalue weighted by Crippen LogP contribution is 2.27. The van der Waals surface area contributed by atoms with Gasteiger partial charge in [-0.3, -0.25) is 4.79 Å². The zero-order valence-electron chi connectivity index (χ0n) is 13.3. The Morgan fingerprint density at radius 2 is 2.04 bits per heavy atom. The molecule has 1 fully saturated rings. The van der Waals surface area contributed by atoms with Crippen molar-refractivity contribution in [1.29, 1.82) is 0 Å². The summed E-state index contributed by atoms with van der Waals surface area (Å²) < 4.78 is 32.4. The molecular weight excluding hydrogens is 306 g/mol. The molecule has 2 amide bonds. The van der Waals surface area contributed by atoms with E-state index in [1.54, 1.807) is 20.8 Å². The van der Waals surface area contributed by atoms with Crippen molar-refractivity contribution in [2.45, 2.75) is 44.8 Å². The number of amides is 2. The maximum Gasteiger partial charge on any atom is 0.408 e. The van der Waals surface area contributed by atoms with E-state index in [1.807, 2.05) is 0 Å². The fourth-order valence-corrected chi connectivity index (χ4v) is 2.47. The van der Waals surface area contributed by atoms with Gasteiger partial charge < -0.3 is 15.4 Å². The quantitative estimate of drug-likeness (QED) is 0.877. The first-order valence-electron chi connectivity index (χ1n) is 7.38. The summed E-state index contributed by atoms with van der Waals surface area (Å²) >= 11 is 0. The lowest BCUT2D eigenvalue weighted by Crippen LogP contribution is -2.53. The van der Waals surface area contributed by atoms with Crippen LogP contribution < -0.4 is 10.6 Å². The third-order valence-electron chi connectivity index (χ3n) is 3.47. The molecule has 0 saturated carbocycles. The molecule has 2 N–H and O–H groups in total. The fourth-order valence-electron chi connectivity index (χ4n) is 2.47. The van der Waals surface area contributed by atoms with Crippen LogP contribution in [0.1, 0.15) is 38.7 Å². The van der Waals surface area contributed by atoms with Crippen molar-refractivity contribution in [2.75, 3.05) is 6.54 Å². The van der Waals surface area contributed by atoms with Gasteiger partial charge in [-0.15, -0.1) is 0 Å². The first kappa shape index (κ1) is 17.2. The number of ether oxygens (including phenoxy) is 1. The van der Waals surface area contributed by atoms with E-state index < -0.39 is 35.3 Å². The average Bonchev–Trinajstić information content (AvgIpc) is 2.42. The Bertz CT molecular complexity index is 614. The molecule has 7 heteroatoms. The highest BCUT2D eigenvalue weighted by atomic mass is 19.2. The number of rotatable bonds is 2. The molecule has 0 aliphatic carbocycles. The van der Waals surface area contributed by atoms with E-state index in [0.29, 0.717) is 0 Å². The maximum atomic E-state index is 13.9. The number of carbonyl (C=O) groups is 2. The van der Waals surface area contributed by atoms with Crippen molar-refractivity contribution in [3.05, 3.63) is 35.4 Å². The molecular formula is C16H20F2N2O3. The van der Waals surface area contributed by atoms with E-state index in [-0.39, 0.29) is 24.4 Å².